The maximum absolute atomic E-state index is 12.0. The van der Waals surface area contributed by atoms with Crippen molar-refractivity contribution in [1.29, 1.82) is 0 Å². The fourth-order valence-corrected chi connectivity index (χ4v) is 3.25. The minimum atomic E-state index is -0.114. The molecule has 2 rings (SSSR count). The first-order valence-electron chi connectivity index (χ1n) is 5.86. The summed E-state index contributed by atoms with van der Waals surface area (Å²) in [6.07, 6.45) is 0. The second-order valence-electron chi connectivity index (χ2n) is 4.41. The van der Waals surface area contributed by atoms with Gasteiger partial charge in [-0.15, -0.1) is 11.3 Å². The number of nitrogen functional groups attached to an aromatic ring is 1. The molecule has 0 aliphatic rings. The molecule has 0 spiro atoms. The molecule has 1 aromatic carbocycles. The summed E-state index contributed by atoms with van der Waals surface area (Å²) in [6.45, 7) is 4.71. The molecule has 0 saturated heterocycles. The van der Waals surface area contributed by atoms with Gasteiger partial charge in [0.05, 0.1) is 6.54 Å². The standard InChI is InChI=1S/C14H15BrN2OS/c1-8-3-13(19-9(8)2)7-17-14(18)10-4-11(15)6-12(16)5-10/h3-6H,7,16H2,1-2H3,(H,17,18). The third-order valence-corrected chi connectivity index (χ3v) is 4.43. The summed E-state index contributed by atoms with van der Waals surface area (Å²) in [6, 6.07) is 7.31. The predicted molar refractivity (Wildman–Crippen MR) is 83.5 cm³/mol. The average Bonchev–Trinajstić information content (AvgIpc) is 2.64. The Kier molecular flexibility index (Phi) is 4.27. The molecule has 0 saturated carbocycles. The van der Waals surface area contributed by atoms with Crippen LogP contribution < -0.4 is 11.1 Å². The normalized spacial score (nSPS) is 10.5. The van der Waals surface area contributed by atoms with Gasteiger partial charge in [-0.05, 0) is 43.7 Å². The lowest BCUT2D eigenvalue weighted by atomic mass is 10.2. The number of aryl methyl sites for hydroxylation is 2. The van der Waals surface area contributed by atoms with Crippen molar-refractivity contribution in [3.05, 3.63) is 49.6 Å². The summed E-state index contributed by atoms with van der Waals surface area (Å²) in [4.78, 5) is 14.5. The van der Waals surface area contributed by atoms with Crippen molar-refractivity contribution in [2.24, 2.45) is 0 Å². The second-order valence-corrected chi connectivity index (χ2v) is 6.66. The molecule has 5 heteroatoms. The molecule has 1 aromatic heterocycles. The van der Waals surface area contributed by atoms with Crippen molar-refractivity contribution in [2.45, 2.75) is 20.4 Å². The largest absolute Gasteiger partial charge is 0.399 e. The van der Waals surface area contributed by atoms with Gasteiger partial charge in [0.15, 0.2) is 0 Å². The number of carbonyl (C=O) groups is 1. The number of benzene rings is 1. The number of hydrogen-bond donors (Lipinski definition) is 2. The monoisotopic (exact) mass is 338 g/mol. The lowest BCUT2D eigenvalue weighted by Crippen LogP contribution is -2.22. The molecule has 0 bridgehead atoms. The Morgan fingerprint density at radius 3 is 2.63 bits per heavy atom. The third-order valence-electron chi connectivity index (χ3n) is 2.82. The highest BCUT2D eigenvalue weighted by molar-refractivity contribution is 9.10. The van der Waals surface area contributed by atoms with Crippen LogP contribution in [-0.4, -0.2) is 5.91 Å². The Balaban J connectivity index is 2.05. The van der Waals surface area contributed by atoms with Crippen LogP contribution >= 0.6 is 27.3 Å². The zero-order valence-corrected chi connectivity index (χ0v) is 13.2. The lowest BCUT2D eigenvalue weighted by Gasteiger charge is -2.05. The van der Waals surface area contributed by atoms with E-state index < -0.39 is 0 Å². The Bertz CT molecular complexity index is 582. The van der Waals surface area contributed by atoms with E-state index in [1.165, 1.54) is 10.4 Å². The van der Waals surface area contributed by atoms with Crippen LogP contribution in [0.5, 0.6) is 0 Å². The lowest BCUT2D eigenvalue weighted by molar-refractivity contribution is 0.0951. The molecule has 1 heterocycles. The minimum absolute atomic E-state index is 0.114. The summed E-state index contributed by atoms with van der Waals surface area (Å²) in [5, 5.41) is 2.91. The van der Waals surface area contributed by atoms with E-state index in [2.05, 4.69) is 41.2 Å². The highest BCUT2D eigenvalue weighted by atomic mass is 79.9. The van der Waals surface area contributed by atoms with Gasteiger partial charge in [-0.2, -0.15) is 0 Å². The first kappa shape index (κ1) is 14.1. The molecule has 19 heavy (non-hydrogen) atoms. The molecule has 3 N–H and O–H groups in total. The molecule has 0 atom stereocenters. The summed E-state index contributed by atoms with van der Waals surface area (Å²) in [5.41, 5.74) is 8.12. The van der Waals surface area contributed by atoms with Crippen molar-refractivity contribution in [3.63, 3.8) is 0 Å². The molecule has 0 aliphatic carbocycles. The SMILES string of the molecule is Cc1cc(CNC(=O)c2cc(N)cc(Br)c2)sc1C. The van der Waals surface area contributed by atoms with E-state index >= 15 is 0 Å². The maximum Gasteiger partial charge on any atom is 0.251 e. The summed E-state index contributed by atoms with van der Waals surface area (Å²) in [5.74, 6) is -0.114. The highest BCUT2D eigenvalue weighted by Gasteiger charge is 2.08. The number of amides is 1. The number of halogens is 1. The van der Waals surface area contributed by atoms with Crippen LogP contribution in [0.25, 0.3) is 0 Å². The number of carbonyl (C=O) groups excluding carboxylic acids is 1. The Hall–Kier alpha value is -1.33. The van der Waals surface area contributed by atoms with Gasteiger partial charge >= 0.3 is 0 Å². The van der Waals surface area contributed by atoms with Crippen LogP contribution in [0.2, 0.25) is 0 Å². The third kappa shape index (κ3) is 3.58. The molecule has 0 unspecified atom stereocenters. The van der Waals surface area contributed by atoms with E-state index in [9.17, 15) is 4.79 Å². The highest BCUT2D eigenvalue weighted by Crippen LogP contribution is 2.21. The molecule has 0 radical (unpaired) electrons. The number of hydrogen-bond acceptors (Lipinski definition) is 3. The number of anilines is 1. The van der Waals surface area contributed by atoms with Gasteiger partial charge < -0.3 is 11.1 Å². The molecule has 0 aliphatic heterocycles. The quantitative estimate of drug-likeness (QED) is 0.839. The van der Waals surface area contributed by atoms with Crippen molar-refractivity contribution in [3.8, 4) is 0 Å². The van der Waals surface area contributed by atoms with Crippen LogP contribution in [0, 0.1) is 13.8 Å². The van der Waals surface area contributed by atoms with Gasteiger partial charge in [0.2, 0.25) is 0 Å². The smallest absolute Gasteiger partial charge is 0.251 e. The predicted octanol–water partition coefficient (Wildman–Crippen LogP) is 3.64. The molecular formula is C14H15BrN2OS. The van der Waals surface area contributed by atoms with Crippen molar-refractivity contribution in [2.75, 3.05) is 5.73 Å². The number of nitrogens with two attached hydrogens (primary N) is 1. The second kappa shape index (κ2) is 5.75. The Labute approximate surface area is 125 Å². The number of thiophene rings is 1. The van der Waals surface area contributed by atoms with Crippen LogP contribution in [0.3, 0.4) is 0 Å². The van der Waals surface area contributed by atoms with Gasteiger partial charge in [0.1, 0.15) is 0 Å². The van der Waals surface area contributed by atoms with Crippen LogP contribution in [0.1, 0.15) is 25.7 Å². The van der Waals surface area contributed by atoms with Crippen LogP contribution in [0.4, 0.5) is 5.69 Å². The topological polar surface area (TPSA) is 55.1 Å². The van der Waals surface area contributed by atoms with Crippen molar-refractivity contribution < 1.29 is 4.79 Å². The maximum atomic E-state index is 12.0. The van der Waals surface area contributed by atoms with E-state index in [0.717, 1.165) is 9.35 Å². The van der Waals surface area contributed by atoms with Crippen molar-refractivity contribution >= 4 is 38.9 Å². The number of nitrogens with one attached hydrogen (secondary N) is 1. The molecule has 1 amide bonds. The summed E-state index contributed by atoms with van der Waals surface area (Å²) < 4.78 is 0.806. The Morgan fingerprint density at radius 2 is 2.05 bits per heavy atom. The fourth-order valence-electron chi connectivity index (χ4n) is 1.75. The minimum Gasteiger partial charge on any atom is -0.399 e. The van der Waals surface area contributed by atoms with E-state index in [0.29, 0.717) is 17.8 Å². The van der Waals surface area contributed by atoms with E-state index in [1.807, 2.05) is 0 Å². The molecular weight excluding hydrogens is 324 g/mol. The number of rotatable bonds is 3. The Morgan fingerprint density at radius 1 is 1.32 bits per heavy atom. The van der Waals surface area contributed by atoms with Gasteiger partial charge in [0, 0.05) is 25.5 Å². The molecule has 0 fully saturated rings. The van der Waals surface area contributed by atoms with Gasteiger partial charge in [0.25, 0.3) is 5.91 Å². The molecule has 2 aromatic rings. The van der Waals surface area contributed by atoms with E-state index in [4.69, 9.17) is 5.73 Å². The van der Waals surface area contributed by atoms with Gasteiger partial charge in [-0.1, -0.05) is 15.9 Å². The van der Waals surface area contributed by atoms with E-state index in [-0.39, 0.29) is 5.91 Å². The average molecular weight is 339 g/mol. The zero-order chi connectivity index (χ0) is 14.0. The summed E-state index contributed by atoms with van der Waals surface area (Å²) >= 11 is 5.04. The summed E-state index contributed by atoms with van der Waals surface area (Å²) in [7, 11) is 0. The first-order chi connectivity index (χ1) is 8.95. The van der Waals surface area contributed by atoms with Crippen LogP contribution in [0.15, 0.2) is 28.7 Å². The van der Waals surface area contributed by atoms with Crippen LogP contribution in [-0.2, 0) is 6.54 Å². The fraction of sp³-hybridized carbons (Fsp3) is 0.214. The zero-order valence-electron chi connectivity index (χ0n) is 10.8. The van der Waals surface area contributed by atoms with Gasteiger partial charge in [-0.25, -0.2) is 0 Å². The first-order valence-corrected chi connectivity index (χ1v) is 7.47. The van der Waals surface area contributed by atoms with Gasteiger partial charge in [-0.3, -0.25) is 4.79 Å². The van der Waals surface area contributed by atoms with Crippen molar-refractivity contribution in [1.82, 2.24) is 5.32 Å². The molecule has 3 nitrogen and oxygen atoms in total. The molecule has 100 valence electrons. The van der Waals surface area contributed by atoms with E-state index in [1.54, 1.807) is 29.5 Å².